The van der Waals surface area contributed by atoms with Crippen LogP contribution in [0.3, 0.4) is 0 Å². The monoisotopic (exact) mass is 215 g/mol. The highest BCUT2D eigenvalue weighted by Gasteiger charge is 1.92. The van der Waals surface area contributed by atoms with Gasteiger partial charge in [0.2, 0.25) is 0 Å². The molecule has 16 heavy (non-hydrogen) atoms. The zero-order valence-corrected chi connectivity index (χ0v) is 9.34. The van der Waals surface area contributed by atoms with E-state index in [-0.39, 0.29) is 0 Å². The molecule has 0 saturated heterocycles. The normalized spacial score (nSPS) is 10.5. The Bertz CT molecular complexity index is 381. The van der Waals surface area contributed by atoms with Crippen molar-refractivity contribution < 1.29 is 0 Å². The third-order valence-electron chi connectivity index (χ3n) is 2.47. The Morgan fingerprint density at radius 3 is 2.75 bits per heavy atom. The van der Waals surface area contributed by atoms with Crippen LogP contribution in [0.2, 0.25) is 0 Å². The maximum absolute atomic E-state index is 4.16. The van der Waals surface area contributed by atoms with E-state index in [9.17, 15) is 0 Å². The Kier molecular flexibility index (Phi) is 4.14. The van der Waals surface area contributed by atoms with E-state index in [2.05, 4.69) is 34.7 Å². The topological polar surface area (TPSA) is 29.9 Å². The van der Waals surface area contributed by atoms with Crippen LogP contribution in [0, 0.1) is 0 Å². The highest BCUT2D eigenvalue weighted by molar-refractivity contribution is 5.14. The van der Waals surface area contributed by atoms with Crippen LogP contribution in [0.25, 0.3) is 0 Å². The number of rotatable bonds is 6. The average molecular weight is 215 g/mol. The SMILES string of the molecule is c1ccc(CNCCCn2cccn2)cc1. The van der Waals surface area contributed by atoms with Crippen molar-refractivity contribution >= 4 is 0 Å². The number of aryl methyl sites for hydroxylation is 1. The van der Waals surface area contributed by atoms with Crippen LogP contribution >= 0.6 is 0 Å². The molecule has 1 aromatic carbocycles. The summed E-state index contributed by atoms with van der Waals surface area (Å²) in [7, 11) is 0. The average Bonchev–Trinajstić information content (AvgIpc) is 2.83. The second kappa shape index (κ2) is 6.08. The van der Waals surface area contributed by atoms with E-state index in [1.54, 1.807) is 0 Å². The van der Waals surface area contributed by atoms with Gasteiger partial charge in [0.25, 0.3) is 0 Å². The van der Waals surface area contributed by atoms with Crippen molar-refractivity contribution in [1.29, 1.82) is 0 Å². The molecule has 0 aliphatic rings. The summed E-state index contributed by atoms with van der Waals surface area (Å²) in [6.07, 6.45) is 4.92. The van der Waals surface area contributed by atoms with E-state index in [1.807, 2.05) is 29.2 Å². The van der Waals surface area contributed by atoms with Crippen molar-refractivity contribution in [1.82, 2.24) is 15.1 Å². The van der Waals surface area contributed by atoms with Gasteiger partial charge in [0, 0.05) is 25.5 Å². The molecule has 0 spiro atoms. The Hall–Kier alpha value is -1.61. The maximum atomic E-state index is 4.16. The summed E-state index contributed by atoms with van der Waals surface area (Å²) in [4.78, 5) is 0. The molecule has 0 bridgehead atoms. The molecule has 0 fully saturated rings. The molecule has 0 atom stereocenters. The predicted molar refractivity (Wildman–Crippen MR) is 65.0 cm³/mol. The molecule has 1 heterocycles. The molecule has 0 radical (unpaired) electrons. The molecule has 84 valence electrons. The van der Waals surface area contributed by atoms with E-state index in [4.69, 9.17) is 0 Å². The van der Waals surface area contributed by atoms with Gasteiger partial charge in [0.1, 0.15) is 0 Å². The highest BCUT2D eigenvalue weighted by atomic mass is 15.3. The summed E-state index contributed by atoms with van der Waals surface area (Å²) in [5, 5.41) is 7.58. The number of aromatic nitrogens is 2. The van der Waals surface area contributed by atoms with Crippen LogP contribution in [0.15, 0.2) is 48.8 Å². The van der Waals surface area contributed by atoms with Gasteiger partial charge in [0.15, 0.2) is 0 Å². The minimum Gasteiger partial charge on any atom is -0.313 e. The van der Waals surface area contributed by atoms with E-state index >= 15 is 0 Å². The summed E-state index contributed by atoms with van der Waals surface area (Å²) >= 11 is 0. The number of hydrogen-bond acceptors (Lipinski definition) is 2. The fraction of sp³-hybridized carbons (Fsp3) is 0.308. The van der Waals surface area contributed by atoms with Gasteiger partial charge in [0.05, 0.1) is 0 Å². The van der Waals surface area contributed by atoms with Crippen LogP contribution in [0.5, 0.6) is 0 Å². The van der Waals surface area contributed by atoms with E-state index in [0.29, 0.717) is 0 Å². The van der Waals surface area contributed by atoms with Crippen LogP contribution in [0.4, 0.5) is 0 Å². The van der Waals surface area contributed by atoms with E-state index in [1.165, 1.54) is 5.56 Å². The van der Waals surface area contributed by atoms with Gasteiger partial charge >= 0.3 is 0 Å². The molecule has 1 N–H and O–H groups in total. The Morgan fingerprint density at radius 1 is 1.12 bits per heavy atom. The number of nitrogens with one attached hydrogen (secondary N) is 1. The standard InChI is InChI=1S/C13H17N3/c1-2-6-13(7-3-1)12-14-8-4-10-16-11-5-9-15-16/h1-3,5-7,9,11,14H,4,8,10,12H2. The first-order chi connectivity index (χ1) is 7.95. The van der Waals surface area contributed by atoms with Crippen LogP contribution < -0.4 is 5.32 Å². The molecule has 0 aliphatic carbocycles. The predicted octanol–water partition coefficient (Wildman–Crippen LogP) is 2.06. The summed E-state index contributed by atoms with van der Waals surface area (Å²) in [5.41, 5.74) is 1.33. The first-order valence-corrected chi connectivity index (χ1v) is 5.67. The summed E-state index contributed by atoms with van der Waals surface area (Å²) in [6, 6.07) is 12.4. The summed E-state index contributed by atoms with van der Waals surface area (Å²) in [5.74, 6) is 0. The second-order valence-electron chi connectivity index (χ2n) is 3.79. The number of nitrogens with zero attached hydrogens (tertiary/aromatic N) is 2. The van der Waals surface area contributed by atoms with Gasteiger partial charge in [-0.3, -0.25) is 4.68 Å². The van der Waals surface area contributed by atoms with Crippen molar-refractivity contribution in [2.24, 2.45) is 0 Å². The van der Waals surface area contributed by atoms with Crippen LogP contribution in [-0.2, 0) is 13.1 Å². The molecule has 2 aromatic rings. The number of hydrogen-bond donors (Lipinski definition) is 1. The fourth-order valence-electron chi connectivity index (χ4n) is 1.63. The van der Waals surface area contributed by atoms with Gasteiger partial charge < -0.3 is 5.32 Å². The molecular formula is C13H17N3. The molecular weight excluding hydrogens is 198 g/mol. The van der Waals surface area contributed by atoms with Gasteiger partial charge in [-0.1, -0.05) is 30.3 Å². The lowest BCUT2D eigenvalue weighted by Gasteiger charge is -2.05. The second-order valence-corrected chi connectivity index (χ2v) is 3.79. The lowest BCUT2D eigenvalue weighted by molar-refractivity contribution is 0.543. The first kappa shape index (κ1) is 10.9. The molecule has 0 amide bonds. The van der Waals surface area contributed by atoms with Gasteiger partial charge in [-0.05, 0) is 24.6 Å². The van der Waals surface area contributed by atoms with Crippen molar-refractivity contribution in [2.45, 2.75) is 19.5 Å². The lowest BCUT2D eigenvalue weighted by Crippen LogP contribution is -2.16. The minimum absolute atomic E-state index is 0.944. The quantitative estimate of drug-likeness (QED) is 0.747. The van der Waals surface area contributed by atoms with Crippen molar-refractivity contribution in [2.75, 3.05) is 6.54 Å². The summed E-state index contributed by atoms with van der Waals surface area (Å²) in [6.45, 7) is 2.95. The first-order valence-electron chi connectivity index (χ1n) is 5.67. The summed E-state index contributed by atoms with van der Waals surface area (Å²) < 4.78 is 1.96. The number of benzene rings is 1. The van der Waals surface area contributed by atoms with E-state index < -0.39 is 0 Å². The molecule has 2 rings (SSSR count). The largest absolute Gasteiger partial charge is 0.313 e. The molecule has 3 heteroatoms. The fourth-order valence-corrected chi connectivity index (χ4v) is 1.63. The van der Waals surface area contributed by atoms with Crippen molar-refractivity contribution in [3.63, 3.8) is 0 Å². The van der Waals surface area contributed by atoms with Gasteiger partial charge in [-0.2, -0.15) is 5.10 Å². The third-order valence-corrected chi connectivity index (χ3v) is 2.47. The zero-order chi connectivity index (χ0) is 11.1. The Labute approximate surface area is 96.1 Å². The highest BCUT2D eigenvalue weighted by Crippen LogP contribution is 1.97. The third kappa shape index (κ3) is 3.51. The molecule has 0 saturated carbocycles. The van der Waals surface area contributed by atoms with Crippen molar-refractivity contribution in [3.8, 4) is 0 Å². The Morgan fingerprint density at radius 2 is 2.00 bits per heavy atom. The van der Waals surface area contributed by atoms with Crippen LogP contribution in [-0.4, -0.2) is 16.3 Å². The maximum Gasteiger partial charge on any atom is 0.0489 e. The lowest BCUT2D eigenvalue weighted by atomic mass is 10.2. The van der Waals surface area contributed by atoms with E-state index in [0.717, 1.165) is 26.1 Å². The molecule has 0 unspecified atom stereocenters. The van der Waals surface area contributed by atoms with Crippen LogP contribution in [0.1, 0.15) is 12.0 Å². The van der Waals surface area contributed by atoms with Gasteiger partial charge in [-0.15, -0.1) is 0 Å². The zero-order valence-electron chi connectivity index (χ0n) is 9.34. The molecule has 1 aromatic heterocycles. The minimum atomic E-state index is 0.944. The molecule has 3 nitrogen and oxygen atoms in total. The molecule has 0 aliphatic heterocycles. The van der Waals surface area contributed by atoms with Crippen molar-refractivity contribution in [3.05, 3.63) is 54.4 Å². The smallest absolute Gasteiger partial charge is 0.0489 e. The van der Waals surface area contributed by atoms with Gasteiger partial charge in [-0.25, -0.2) is 0 Å². The Balaban J connectivity index is 1.59.